The van der Waals surface area contributed by atoms with Crippen LogP contribution in [0.15, 0.2) is 24.5 Å². The summed E-state index contributed by atoms with van der Waals surface area (Å²) in [5, 5.41) is 12.3. The van der Waals surface area contributed by atoms with Crippen LogP contribution in [-0.2, 0) is 0 Å². The molecular formula is C8H4FN3. The van der Waals surface area contributed by atoms with Gasteiger partial charge >= 0.3 is 0 Å². The summed E-state index contributed by atoms with van der Waals surface area (Å²) in [6, 6.07) is 4.93. The molecule has 0 aliphatic carbocycles. The maximum Gasteiger partial charge on any atom is 0.159 e. The molecule has 2 rings (SSSR count). The molecule has 0 saturated carbocycles. The molecule has 0 amide bonds. The quantitative estimate of drug-likeness (QED) is 0.585. The molecule has 0 unspecified atom stereocenters. The highest BCUT2D eigenvalue weighted by atomic mass is 19.1. The van der Waals surface area contributed by atoms with Gasteiger partial charge in [-0.3, -0.25) is 0 Å². The third-order valence-corrected chi connectivity index (χ3v) is 1.61. The minimum absolute atomic E-state index is 0.0444. The lowest BCUT2D eigenvalue weighted by Gasteiger charge is -1.94. The predicted molar refractivity (Wildman–Crippen MR) is 39.9 cm³/mol. The van der Waals surface area contributed by atoms with E-state index in [4.69, 9.17) is 5.26 Å². The van der Waals surface area contributed by atoms with Crippen molar-refractivity contribution in [3.8, 4) is 6.07 Å². The number of hydrogen-bond donors (Lipinski definition) is 0. The molecule has 0 saturated heterocycles. The number of fused-ring (bicyclic) bond motifs is 1. The van der Waals surface area contributed by atoms with Gasteiger partial charge < -0.3 is 0 Å². The predicted octanol–water partition coefficient (Wildman–Crippen LogP) is 1.35. The summed E-state index contributed by atoms with van der Waals surface area (Å²) in [4.78, 5) is 0. The summed E-state index contributed by atoms with van der Waals surface area (Å²) >= 11 is 0. The van der Waals surface area contributed by atoms with Crippen molar-refractivity contribution in [2.45, 2.75) is 0 Å². The smallest absolute Gasteiger partial charge is 0.159 e. The van der Waals surface area contributed by atoms with Crippen LogP contribution in [0.2, 0.25) is 0 Å². The minimum Gasteiger partial charge on any atom is -0.238 e. The molecule has 0 fully saturated rings. The lowest BCUT2D eigenvalue weighted by Crippen LogP contribution is -1.91. The number of pyridine rings is 1. The summed E-state index contributed by atoms with van der Waals surface area (Å²) in [5.41, 5.74) is 0.760. The molecule has 0 bridgehead atoms. The van der Waals surface area contributed by atoms with Crippen molar-refractivity contribution in [2.24, 2.45) is 0 Å². The van der Waals surface area contributed by atoms with Crippen molar-refractivity contribution in [1.29, 1.82) is 5.26 Å². The first kappa shape index (κ1) is 6.80. The highest BCUT2D eigenvalue weighted by Crippen LogP contribution is 2.09. The molecule has 0 aromatic carbocycles. The highest BCUT2D eigenvalue weighted by molar-refractivity contribution is 5.50. The van der Waals surface area contributed by atoms with Crippen LogP contribution in [0.25, 0.3) is 5.52 Å². The van der Waals surface area contributed by atoms with Crippen LogP contribution in [0, 0.1) is 17.1 Å². The highest BCUT2D eigenvalue weighted by Gasteiger charge is 2.03. The summed E-state index contributed by atoms with van der Waals surface area (Å²) in [7, 11) is 0. The van der Waals surface area contributed by atoms with E-state index in [9.17, 15) is 4.39 Å². The van der Waals surface area contributed by atoms with Crippen LogP contribution in [0.5, 0.6) is 0 Å². The molecule has 2 heterocycles. The van der Waals surface area contributed by atoms with Crippen LogP contribution in [0.1, 0.15) is 5.56 Å². The van der Waals surface area contributed by atoms with Gasteiger partial charge in [-0.05, 0) is 12.1 Å². The molecule has 0 N–H and O–H groups in total. The molecule has 58 valence electrons. The van der Waals surface area contributed by atoms with Gasteiger partial charge in [0.05, 0.1) is 17.3 Å². The zero-order valence-electron chi connectivity index (χ0n) is 6.03. The second kappa shape index (κ2) is 2.31. The third kappa shape index (κ3) is 0.839. The fraction of sp³-hybridized carbons (Fsp3) is 0. The minimum atomic E-state index is -0.547. The van der Waals surface area contributed by atoms with E-state index in [1.165, 1.54) is 16.8 Å². The largest absolute Gasteiger partial charge is 0.238 e. The molecule has 2 aromatic heterocycles. The lowest BCUT2D eigenvalue weighted by atomic mass is 10.2. The van der Waals surface area contributed by atoms with E-state index in [1.807, 2.05) is 0 Å². The second-order valence-electron chi connectivity index (χ2n) is 2.35. The number of rotatable bonds is 0. The van der Waals surface area contributed by atoms with Gasteiger partial charge in [-0.2, -0.15) is 10.4 Å². The Morgan fingerprint density at radius 3 is 3.17 bits per heavy atom. The Hall–Kier alpha value is -1.89. The average Bonchev–Trinajstić information content (AvgIpc) is 2.49. The fourth-order valence-electron chi connectivity index (χ4n) is 1.03. The Balaban J connectivity index is 2.84. The van der Waals surface area contributed by atoms with E-state index >= 15 is 0 Å². The molecule has 2 aromatic rings. The zero-order chi connectivity index (χ0) is 8.55. The third-order valence-electron chi connectivity index (χ3n) is 1.61. The van der Waals surface area contributed by atoms with Gasteiger partial charge in [-0.1, -0.05) is 0 Å². The molecule has 0 radical (unpaired) electrons. The lowest BCUT2D eigenvalue weighted by molar-refractivity contribution is 0.611. The van der Waals surface area contributed by atoms with E-state index in [2.05, 4.69) is 5.10 Å². The first-order chi connectivity index (χ1) is 5.81. The van der Waals surface area contributed by atoms with Gasteiger partial charge in [0.25, 0.3) is 0 Å². The van der Waals surface area contributed by atoms with E-state index in [0.29, 0.717) is 5.52 Å². The average molecular weight is 161 g/mol. The van der Waals surface area contributed by atoms with Crippen molar-refractivity contribution in [1.82, 2.24) is 9.61 Å². The fourth-order valence-corrected chi connectivity index (χ4v) is 1.03. The SMILES string of the molecule is N#Cc1cc2ccnn2cc1F. The van der Waals surface area contributed by atoms with E-state index < -0.39 is 5.82 Å². The first-order valence-electron chi connectivity index (χ1n) is 3.34. The second-order valence-corrected chi connectivity index (χ2v) is 2.35. The molecule has 0 aliphatic rings. The number of nitrogens with zero attached hydrogens (tertiary/aromatic N) is 3. The molecule has 0 spiro atoms. The summed E-state index contributed by atoms with van der Waals surface area (Å²) in [6.07, 6.45) is 2.74. The van der Waals surface area contributed by atoms with Gasteiger partial charge in [0.1, 0.15) is 6.07 Å². The monoisotopic (exact) mass is 161 g/mol. The zero-order valence-corrected chi connectivity index (χ0v) is 6.03. The molecular weight excluding hydrogens is 157 g/mol. The number of aromatic nitrogens is 2. The maximum absolute atomic E-state index is 12.9. The standard InChI is InChI=1S/C8H4FN3/c9-8-5-12-7(1-2-11-12)3-6(8)4-10/h1-3,5H. The number of nitriles is 1. The number of halogens is 1. The topological polar surface area (TPSA) is 41.1 Å². The Kier molecular flexibility index (Phi) is 1.31. The Morgan fingerprint density at radius 2 is 2.42 bits per heavy atom. The van der Waals surface area contributed by atoms with Crippen LogP contribution in [-0.4, -0.2) is 9.61 Å². The number of hydrogen-bond acceptors (Lipinski definition) is 2. The van der Waals surface area contributed by atoms with Crippen LogP contribution in [0.3, 0.4) is 0 Å². The maximum atomic E-state index is 12.9. The van der Waals surface area contributed by atoms with Crippen molar-refractivity contribution in [3.05, 3.63) is 35.9 Å². The van der Waals surface area contributed by atoms with Gasteiger partial charge in [0, 0.05) is 6.20 Å². The van der Waals surface area contributed by atoms with E-state index in [0.717, 1.165) is 0 Å². The van der Waals surface area contributed by atoms with Crippen molar-refractivity contribution >= 4 is 5.52 Å². The van der Waals surface area contributed by atoms with Crippen molar-refractivity contribution in [3.63, 3.8) is 0 Å². The van der Waals surface area contributed by atoms with Crippen LogP contribution < -0.4 is 0 Å². The summed E-state index contributed by atoms with van der Waals surface area (Å²) in [6.45, 7) is 0. The van der Waals surface area contributed by atoms with Gasteiger partial charge in [-0.15, -0.1) is 0 Å². The molecule has 4 heteroatoms. The van der Waals surface area contributed by atoms with Crippen LogP contribution in [0.4, 0.5) is 4.39 Å². The normalized spacial score (nSPS) is 10.0. The molecule has 12 heavy (non-hydrogen) atoms. The van der Waals surface area contributed by atoms with Crippen molar-refractivity contribution in [2.75, 3.05) is 0 Å². The summed E-state index contributed by atoms with van der Waals surface area (Å²) in [5.74, 6) is -0.547. The first-order valence-corrected chi connectivity index (χ1v) is 3.34. The van der Waals surface area contributed by atoms with Gasteiger partial charge in [-0.25, -0.2) is 8.91 Å². The van der Waals surface area contributed by atoms with Gasteiger partial charge in [0.2, 0.25) is 0 Å². The summed E-state index contributed by atoms with van der Waals surface area (Å²) < 4.78 is 14.3. The molecule has 0 aliphatic heterocycles. The van der Waals surface area contributed by atoms with E-state index in [1.54, 1.807) is 18.3 Å². The van der Waals surface area contributed by atoms with E-state index in [-0.39, 0.29) is 5.56 Å². The molecule has 3 nitrogen and oxygen atoms in total. The van der Waals surface area contributed by atoms with Gasteiger partial charge in [0.15, 0.2) is 5.82 Å². The Labute approximate surface area is 67.7 Å². The Bertz CT molecular complexity index is 467. The van der Waals surface area contributed by atoms with Crippen molar-refractivity contribution < 1.29 is 4.39 Å². The molecule has 0 atom stereocenters. The Morgan fingerprint density at radius 1 is 1.58 bits per heavy atom. The van der Waals surface area contributed by atoms with Crippen LogP contribution >= 0.6 is 0 Å².